The van der Waals surface area contributed by atoms with Gasteiger partial charge >= 0.3 is 5.97 Å². The summed E-state index contributed by atoms with van der Waals surface area (Å²) in [6, 6.07) is 0. The van der Waals surface area contributed by atoms with Gasteiger partial charge in [0.25, 0.3) is 0 Å². The first-order valence-corrected chi connectivity index (χ1v) is 4.44. The van der Waals surface area contributed by atoms with Crippen LogP contribution in [0.5, 0.6) is 0 Å². The van der Waals surface area contributed by atoms with Crippen molar-refractivity contribution < 1.29 is 26.8 Å². The number of quaternary nitrogens is 1. The fourth-order valence-electron chi connectivity index (χ4n) is 1.04. The molecule has 0 atom stereocenters. The summed E-state index contributed by atoms with van der Waals surface area (Å²) in [4.78, 5) is 10.2. The number of unbranched alkanes of at least 4 members (excludes halogenated alkanes) is 2. The number of carboxylic acids is 1. The molecule has 4 heteroatoms. The molecule has 0 radical (unpaired) electrons. The van der Waals surface area contributed by atoms with Crippen LogP contribution in [0.2, 0.25) is 0 Å². The lowest BCUT2D eigenvalue weighted by molar-refractivity contribution is -0.870. The van der Waals surface area contributed by atoms with E-state index in [1.54, 1.807) is 0 Å². The summed E-state index contributed by atoms with van der Waals surface area (Å²) in [5.74, 6) is -0.680. The number of carbonyl (C=O) groups is 1. The number of hydrogen-bond acceptors (Lipinski definition) is 1. The van der Waals surface area contributed by atoms with Crippen LogP contribution < -0.4 is 12.4 Å². The molecule has 0 aromatic carbocycles. The molecule has 0 aliphatic carbocycles. The van der Waals surface area contributed by atoms with Gasteiger partial charge in [0.1, 0.15) is 0 Å². The molecule has 0 saturated carbocycles. The maximum Gasteiger partial charge on any atom is 0.303 e. The molecule has 0 spiro atoms. The van der Waals surface area contributed by atoms with Crippen LogP contribution in [0, 0.1) is 0 Å². The van der Waals surface area contributed by atoms with Crippen molar-refractivity contribution in [3.63, 3.8) is 0 Å². The third kappa shape index (κ3) is 14.6. The van der Waals surface area contributed by atoms with E-state index in [9.17, 15) is 4.79 Å². The zero-order valence-electron chi connectivity index (χ0n) is 8.72. The van der Waals surface area contributed by atoms with Crippen LogP contribution in [0.3, 0.4) is 0 Å². The van der Waals surface area contributed by atoms with Crippen molar-refractivity contribution in [2.45, 2.75) is 25.7 Å². The van der Waals surface area contributed by atoms with Crippen LogP contribution in [0.4, 0.5) is 0 Å². The molecule has 0 aromatic heterocycles. The van der Waals surface area contributed by atoms with Gasteiger partial charge in [0, 0.05) is 6.42 Å². The first-order valence-electron chi connectivity index (χ1n) is 4.44. The van der Waals surface area contributed by atoms with Crippen molar-refractivity contribution in [3.05, 3.63) is 0 Å². The molecule has 80 valence electrons. The zero-order valence-corrected chi connectivity index (χ0v) is 9.47. The Kier molecular flexibility index (Phi) is 8.37. The van der Waals surface area contributed by atoms with E-state index in [2.05, 4.69) is 21.1 Å². The fourth-order valence-corrected chi connectivity index (χ4v) is 1.04. The lowest BCUT2D eigenvalue weighted by atomic mass is 10.2. The molecule has 0 aliphatic rings. The van der Waals surface area contributed by atoms with Gasteiger partial charge in [-0.2, -0.15) is 0 Å². The third-order valence-corrected chi connectivity index (χ3v) is 1.72. The predicted octanol–water partition coefficient (Wildman–Crippen LogP) is -1.66. The van der Waals surface area contributed by atoms with E-state index < -0.39 is 5.97 Å². The highest BCUT2D eigenvalue weighted by Crippen LogP contribution is 2.02. The molecule has 0 bridgehead atoms. The highest BCUT2D eigenvalue weighted by Gasteiger charge is 2.05. The Bertz CT molecular complexity index is 143. The van der Waals surface area contributed by atoms with Gasteiger partial charge in [-0.15, -0.1) is 0 Å². The van der Waals surface area contributed by atoms with Crippen LogP contribution in [0.1, 0.15) is 25.7 Å². The number of carboxylic acid groups (broad SMARTS) is 1. The summed E-state index contributed by atoms with van der Waals surface area (Å²) >= 11 is 0. The minimum absolute atomic E-state index is 0. The maximum absolute atomic E-state index is 10.2. The topological polar surface area (TPSA) is 37.3 Å². The minimum atomic E-state index is -0.680. The molecule has 0 aliphatic heterocycles. The Morgan fingerprint density at radius 3 is 2.08 bits per heavy atom. The fraction of sp³-hybridized carbons (Fsp3) is 0.889. The summed E-state index contributed by atoms with van der Waals surface area (Å²) in [5.41, 5.74) is 0. The van der Waals surface area contributed by atoms with Crippen molar-refractivity contribution in [3.8, 4) is 0 Å². The Labute approximate surface area is 86.7 Å². The quantitative estimate of drug-likeness (QED) is 0.420. The number of aliphatic carboxylic acids is 1. The van der Waals surface area contributed by atoms with Crippen LogP contribution in [0.15, 0.2) is 0 Å². The van der Waals surface area contributed by atoms with Crippen molar-refractivity contribution in [2.24, 2.45) is 0 Å². The first kappa shape index (κ1) is 15.2. The largest absolute Gasteiger partial charge is 1.00 e. The Morgan fingerprint density at radius 2 is 1.69 bits per heavy atom. The molecule has 3 nitrogen and oxygen atoms in total. The highest BCUT2D eigenvalue weighted by atomic mass is 35.5. The predicted molar refractivity (Wildman–Crippen MR) is 49.0 cm³/mol. The lowest BCUT2D eigenvalue weighted by Gasteiger charge is -2.23. The minimum Gasteiger partial charge on any atom is -1.00 e. The summed E-state index contributed by atoms with van der Waals surface area (Å²) in [7, 11) is 6.45. The smallest absolute Gasteiger partial charge is 0.303 e. The molecule has 1 N–H and O–H groups in total. The molecule has 13 heavy (non-hydrogen) atoms. The van der Waals surface area contributed by atoms with E-state index in [4.69, 9.17) is 5.11 Å². The molecular weight excluding hydrogens is 190 g/mol. The second-order valence-electron chi connectivity index (χ2n) is 4.22. The Balaban J connectivity index is 0. The summed E-state index contributed by atoms with van der Waals surface area (Å²) in [6.45, 7) is 1.12. The van der Waals surface area contributed by atoms with Crippen LogP contribution in [-0.2, 0) is 4.79 Å². The summed E-state index contributed by atoms with van der Waals surface area (Å²) in [5, 5.41) is 8.37. The molecule has 0 amide bonds. The van der Waals surface area contributed by atoms with Crippen molar-refractivity contribution in [1.29, 1.82) is 0 Å². The Hall–Kier alpha value is -0.280. The molecule has 0 heterocycles. The van der Waals surface area contributed by atoms with E-state index in [0.717, 1.165) is 30.3 Å². The average molecular weight is 210 g/mol. The van der Waals surface area contributed by atoms with Gasteiger partial charge in [-0.1, -0.05) is 0 Å². The van der Waals surface area contributed by atoms with Gasteiger partial charge in [0.2, 0.25) is 0 Å². The van der Waals surface area contributed by atoms with Crippen LogP contribution >= 0.6 is 0 Å². The number of hydrogen-bond donors (Lipinski definition) is 1. The third-order valence-electron chi connectivity index (χ3n) is 1.72. The summed E-state index contributed by atoms with van der Waals surface area (Å²) < 4.78 is 0.965. The zero-order chi connectivity index (χ0) is 9.61. The maximum atomic E-state index is 10.2. The van der Waals surface area contributed by atoms with Crippen LogP contribution in [-0.4, -0.2) is 43.2 Å². The molecule has 0 fully saturated rings. The van der Waals surface area contributed by atoms with Crippen molar-refractivity contribution in [1.82, 2.24) is 0 Å². The SMILES string of the molecule is C[N+](C)(C)CCCCCC(=O)O.[Cl-]. The second kappa shape index (κ2) is 7.15. The van der Waals surface area contributed by atoms with E-state index in [1.165, 1.54) is 0 Å². The molecule has 0 saturated heterocycles. The standard InChI is InChI=1S/C9H19NO2.ClH/c1-10(2,3)8-6-4-5-7-9(11)12;/h4-8H2,1-3H3;1H. The summed E-state index contributed by atoms with van der Waals surface area (Å²) in [6.07, 6.45) is 3.28. The van der Waals surface area contributed by atoms with Gasteiger partial charge in [-0.05, 0) is 19.3 Å². The highest BCUT2D eigenvalue weighted by molar-refractivity contribution is 5.66. The number of nitrogens with zero attached hydrogens (tertiary/aromatic N) is 1. The monoisotopic (exact) mass is 209 g/mol. The van der Waals surface area contributed by atoms with E-state index in [0.29, 0.717) is 6.42 Å². The van der Waals surface area contributed by atoms with E-state index in [1.807, 2.05) is 0 Å². The molecule has 0 aromatic rings. The first-order chi connectivity index (χ1) is 5.42. The number of halogens is 1. The van der Waals surface area contributed by atoms with Gasteiger partial charge < -0.3 is 22.0 Å². The van der Waals surface area contributed by atoms with Crippen LogP contribution in [0.25, 0.3) is 0 Å². The van der Waals surface area contributed by atoms with Gasteiger partial charge in [0.15, 0.2) is 0 Å². The van der Waals surface area contributed by atoms with Gasteiger partial charge in [-0.3, -0.25) is 4.79 Å². The van der Waals surface area contributed by atoms with Gasteiger partial charge in [0.05, 0.1) is 27.7 Å². The van der Waals surface area contributed by atoms with Crippen molar-refractivity contribution >= 4 is 5.97 Å². The molecular formula is C9H20ClNO2. The average Bonchev–Trinajstić information content (AvgIpc) is 1.83. The number of rotatable bonds is 6. The van der Waals surface area contributed by atoms with E-state index >= 15 is 0 Å². The molecule has 0 unspecified atom stereocenters. The second-order valence-corrected chi connectivity index (χ2v) is 4.22. The Morgan fingerprint density at radius 1 is 1.15 bits per heavy atom. The van der Waals surface area contributed by atoms with Crippen molar-refractivity contribution in [2.75, 3.05) is 27.7 Å². The molecule has 0 rings (SSSR count). The van der Waals surface area contributed by atoms with E-state index in [-0.39, 0.29) is 12.4 Å². The van der Waals surface area contributed by atoms with Gasteiger partial charge in [-0.25, -0.2) is 0 Å². The lowest BCUT2D eigenvalue weighted by Crippen LogP contribution is -3.00. The normalized spacial score (nSPS) is 10.7.